The third kappa shape index (κ3) is 2.83. The lowest BCUT2D eigenvalue weighted by Gasteiger charge is -2.15. The lowest BCUT2D eigenvalue weighted by molar-refractivity contribution is -0.116. The van der Waals surface area contributed by atoms with E-state index >= 15 is 0 Å². The average molecular weight is 345 g/mol. The zero-order valence-electron chi connectivity index (χ0n) is 11.2. The van der Waals surface area contributed by atoms with Gasteiger partial charge in [-0.1, -0.05) is 30.3 Å². The predicted octanol–water partition coefficient (Wildman–Crippen LogP) is 3.04. The summed E-state index contributed by atoms with van der Waals surface area (Å²) >= 11 is 3.38. The molecule has 1 aliphatic rings. The van der Waals surface area contributed by atoms with E-state index in [-0.39, 0.29) is 18.4 Å². The summed E-state index contributed by atoms with van der Waals surface area (Å²) in [5.74, 6) is -0.295. The van der Waals surface area contributed by atoms with Crippen molar-refractivity contribution in [3.8, 4) is 0 Å². The lowest BCUT2D eigenvalue weighted by atomic mass is 10.1. The zero-order valence-corrected chi connectivity index (χ0v) is 12.8. The minimum Gasteiger partial charge on any atom is -0.325 e. The summed E-state index contributed by atoms with van der Waals surface area (Å²) in [6, 6.07) is 14.8. The molecular weight excluding hydrogens is 332 g/mol. The van der Waals surface area contributed by atoms with Gasteiger partial charge in [-0.05, 0) is 39.7 Å². The monoisotopic (exact) mass is 344 g/mol. The Labute approximate surface area is 130 Å². The van der Waals surface area contributed by atoms with Gasteiger partial charge in [0.25, 0.3) is 5.91 Å². The number of halogens is 1. The van der Waals surface area contributed by atoms with Gasteiger partial charge in [-0.15, -0.1) is 0 Å². The number of amides is 2. The lowest BCUT2D eigenvalue weighted by Crippen LogP contribution is -2.33. The Morgan fingerprint density at radius 3 is 2.62 bits per heavy atom. The molecule has 21 heavy (non-hydrogen) atoms. The van der Waals surface area contributed by atoms with E-state index in [0.717, 1.165) is 10.0 Å². The van der Waals surface area contributed by atoms with Crippen LogP contribution in [-0.4, -0.2) is 23.3 Å². The normalized spacial score (nSPS) is 13.2. The number of para-hydroxylation sites is 1. The Kier molecular flexibility index (Phi) is 3.75. The van der Waals surface area contributed by atoms with Crippen LogP contribution < -0.4 is 5.32 Å². The molecule has 0 aliphatic carbocycles. The van der Waals surface area contributed by atoms with Gasteiger partial charge in [-0.3, -0.25) is 9.59 Å². The number of benzene rings is 2. The van der Waals surface area contributed by atoms with Crippen molar-refractivity contribution in [3.63, 3.8) is 0 Å². The molecule has 1 N–H and O–H groups in total. The van der Waals surface area contributed by atoms with E-state index in [9.17, 15) is 9.59 Å². The van der Waals surface area contributed by atoms with Crippen LogP contribution in [0.3, 0.4) is 0 Å². The maximum absolute atomic E-state index is 12.2. The molecule has 106 valence electrons. The second kappa shape index (κ2) is 5.69. The number of hydrogen-bond donors (Lipinski definition) is 1. The highest BCUT2D eigenvalue weighted by Crippen LogP contribution is 2.23. The third-order valence-electron chi connectivity index (χ3n) is 3.38. The average Bonchev–Trinajstić information content (AvgIpc) is 2.78. The van der Waals surface area contributed by atoms with Crippen LogP contribution in [0.5, 0.6) is 0 Å². The van der Waals surface area contributed by atoms with Gasteiger partial charge in [-0.25, -0.2) is 0 Å². The standard InChI is InChI=1S/C16H13BrN2O2/c17-13-7-3-4-8-14(13)18-15(20)10-19-9-11-5-1-2-6-12(11)16(19)21/h1-8H,9-10H2,(H,18,20). The van der Waals surface area contributed by atoms with E-state index in [4.69, 9.17) is 0 Å². The Morgan fingerprint density at radius 2 is 1.86 bits per heavy atom. The van der Waals surface area contributed by atoms with E-state index in [1.54, 1.807) is 11.0 Å². The molecule has 4 nitrogen and oxygen atoms in total. The molecule has 0 radical (unpaired) electrons. The molecule has 2 aromatic rings. The first kappa shape index (κ1) is 13.8. The number of carbonyl (C=O) groups is 2. The summed E-state index contributed by atoms with van der Waals surface area (Å²) in [5, 5.41) is 2.80. The van der Waals surface area contributed by atoms with Gasteiger partial charge in [-0.2, -0.15) is 0 Å². The summed E-state index contributed by atoms with van der Waals surface area (Å²) < 4.78 is 0.814. The van der Waals surface area contributed by atoms with Gasteiger partial charge in [0.15, 0.2) is 0 Å². The molecule has 5 heteroatoms. The van der Waals surface area contributed by atoms with E-state index in [0.29, 0.717) is 17.8 Å². The predicted molar refractivity (Wildman–Crippen MR) is 84.0 cm³/mol. The van der Waals surface area contributed by atoms with Crippen molar-refractivity contribution in [2.24, 2.45) is 0 Å². The number of nitrogens with one attached hydrogen (secondary N) is 1. The topological polar surface area (TPSA) is 49.4 Å². The van der Waals surface area contributed by atoms with Crippen molar-refractivity contribution in [3.05, 3.63) is 64.1 Å². The summed E-state index contributed by atoms with van der Waals surface area (Å²) in [6.45, 7) is 0.535. The molecule has 2 aromatic carbocycles. The Hall–Kier alpha value is -2.14. The van der Waals surface area contributed by atoms with Gasteiger partial charge >= 0.3 is 0 Å². The first-order chi connectivity index (χ1) is 10.1. The Bertz CT molecular complexity index is 715. The maximum Gasteiger partial charge on any atom is 0.254 e. The van der Waals surface area contributed by atoms with Crippen molar-refractivity contribution < 1.29 is 9.59 Å². The highest BCUT2D eigenvalue weighted by Gasteiger charge is 2.28. The molecule has 1 heterocycles. The summed E-state index contributed by atoms with van der Waals surface area (Å²) in [4.78, 5) is 25.8. The van der Waals surface area contributed by atoms with Crippen molar-refractivity contribution in [2.75, 3.05) is 11.9 Å². The highest BCUT2D eigenvalue weighted by atomic mass is 79.9. The van der Waals surface area contributed by atoms with Crippen LogP contribution in [0.4, 0.5) is 5.69 Å². The van der Waals surface area contributed by atoms with Crippen LogP contribution in [0, 0.1) is 0 Å². The van der Waals surface area contributed by atoms with Crippen LogP contribution in [-0.2, 0) is 11.3 Å². The molecule has 2 amide bonds. The molecular formula is C16H13BrN2O2. The van der Waals surface area contributed by atoms with Crippen LogP contribution in [0.15, 0.2) is 53.0 Å². The zero-order chi connectivity index (χ0) is 14.8. The largest absolute Gasteiger partial charge is 0.325 e. The fourth-order valence-electron chi connectivity index (χ4n) is 2.37. The fourth-order valence-corrected chi connectivity index (χ4v) is 2.75. The first-order valence-corrected chi connectivity index (χ1v) is 7.36. The molecule has 0 aromatic heterocycles. The number of rotatable bonds is 3. The van der Waals surface area contributed by atoms with Gasteiger partial charge in [0.05, 0.1) is 5.69 Å². The van der Waals surface area contributed by atoms with Gasteiger partial charge in [0, 0.05) is 16.6 Å². The molecule has 0 unspecified atom stereocenters. The van der Waals surface area contributed by atoms with Crippen LogP contribution in [0.2, 0.25) is 0 Å². The molecule has 0 atom stereocenters. The Morgan fingerprint density at radius 1 is 1.14 bits per heavy atom. The molecule has 0 spiro atoms. The number of fused-ring (bicyclic) bond motifs is 1. The van der Waals surface area contributed by atoms with E-state index in [1.807, 2.05) is 42.5 Å². The third-order valence-corrected chi connectivity index (χ3v) is 4.07. The molecule has 0 saturated carbocycles. The number of anilines is 1. The van der Waals surface area contributed by atoms with E-state index in [1.165, 1.54) is 0 Å². The number of nitrogens with zero attached hydrogens (tertiary/aromatic N) is 1. The maximum atomic E-state index is 12.2. The van der Waals surface area contributed by atoms with Crippen LogP contribution in [0.1, 0.15) is 15.9 Å². The SMILES string of the molecule is O=C(CN1Cc2ccccc2C1=O)Nc1ccccc1Br. The number of carbonyl (C=O) groups excluding carboxylic acids is 2. The van der Waals surface area contributed by atoms with Gasteiger partial charge in [0.1, 0.15) is 6.54 Å². The van der Waals surface area contributed by atoms with Crippen molar-refractivity contribution in [1.82, 2.24) is 4.90 Å². The minimum absolute atomic E-state index is 0.0504. The first-order valence-electron chi connectivity index (χ1n) is 6.57. The van der Waals surface area contributed by atoms with Crippen molar-refractivity contribution >= 4 is 33.4 Å². The van der Waals surface area contributed by atoms with Gasteiger partial charge < -0.3 is 10.2 Å². The second-order valence-electron chi connectivity index (χ2n) is 4.85. The summed E-state index contributed by atoms with van der Waals surface area (Å²) in [5.41, 5.74) is 2.36. The van der Waals surface area contributed by atoms with E-state index in [2.05, 4.69) is 21.2 Å². The molecule has 0 fully saturated rings. The van der Waals surface area contributed by atoms with Crippen molar-refractivity contribution in [2.45, 2.75) is 6.54 Å². The van der Waals surface area contributed by atoms with Crippen molar-refractivity contribution in [1.29, 1.82) is 0 Å². The summed E-state index contributed by atoms with van der Waals surface area (Å²) in [7, 11) is 0. The number of hydrogen-bond acceptors (Lipinski definition) is 2. The summed E-state index contributed by atoms with van der Waals surface area (Å²) in [6.07, 6.45) is 0. The fraction of sp³-hybridized carbons (Fsp3) is 0.125. The molecule has 1 aliphatic heterocycles. The van der Waals surface area contributed by atoms with Gasteiger partial charge in [0.2, 0.25) is 5.91 Å². The molecule has 0 saturated heterocycles. The smallest absolute Gasteiger partial charge is 0.254 e. The van der Waals surface area contributed by atoms with Crippen LogP contribution in [0.25, 0.3) is 0 Å². The second-order valence-corrected chi connectivity index (χ2v) is 5.70. The molecule has 0 bridgehead atoms. The van der Waals surface area contributed by atoms with E-state index < -0.39 is 0 Å². The van der Waals surface area contributed by atoms with Crippen LogP contribution >= 0.6 is 15.9 Å². The molecule has 3 rings (SSSR count). The quantitative estimate of drug-likeness (QED) is 0.930. The minimum atomic E-state index is -0.206. The highest BCUT2D eigenvalue weighted by molar-refractivity contribution is 9.10. The Balaban J connectivity index is 1.67.